The van der Waals surface area contributed by atoms with Crippen molar-refractivity contribution in [2.45, 2.75) is 0 Å². The van der Waals surface area contributed by atoms with Gasteiger partial charge in [-0.05, 0) is 81.9 Å². The topological polar surface area (TPSA) is 16.4 Å². The minimum Gasteiger partial charge on any atom is -0.456 e. The van der Waals surface area contributed by atoms with E-state index in [0.29, 0.717) is 0 Å². The first-order chi connectivity index (χ1) is 23.3. The number of fused-ring (bicyclic) bond motifs is 9. The number of rotatable bonds is 4. The number of para-hydroxylation sites is 2. The molecule has 0 bridgehead atoms. The van der Waals surface area contributed by atoms with Crippen molar-refractivity contribution in [2.24, 2.45) is 0 Å². The van der Waals surface area contributed by atoms with Crippen molar-refractivity contribution in [3.8, 4) is 11.1 Å². The van der Waals surface area contributed by atoms with Gasteiger partial charge in [-0.15, -0.1) is 11.3 Å². The van der Waals surface area contributed by atoms with E-state index in [1.807, 2.05) is 23.5 Å². The number of hydrogen-bond donors (Lipinski definition) is 0. The van der Waals surface area contributed by atoms with Crippen LogP contribution in [0.4, 0.5) is 17.1 Å². The molecule has 0 aliphatic heterocycles. The van der Waals surface area contributed by atoms with Gasteiger partial charge >= 0.3 is 0 Å². The molecule has 0 saturated carbocycles. The molecule has 0 N–H and O–H groups in total. The maximum absolute atomic E-state index is 6.24. The molecule has 2 heterocycles. The SMILES string of the molecule is c1ccc(N(c2ccc3c(c2)sc2ccccc23)c2ccc(-c3ccc4ccc5oc6ccccc6c5c4c3)c3ccccc23)cc1. The minimum atomic E-state index is 0.921. The summed E-state index contributed by atoms with van der Waals surface area (Å²) in [7, 11) is 0. The molecular formula is C44H27NOS. The van der Waals surface area contributed by atoms with Gasteiger partial charge in [0.1, 0.15) is 11.2 Å². The maximum atomic E-state index is 6.24. The molecule has 0 unspecified atom stereocenters. The van der Waals surface area contributed by atoms with Crippen molar-refractivity contribution in [3.05, 3.63) is 164 Å². The van der Waals surface area contributed by atoms with Crippen molar-refractivity contribution >= 4 is 92.1 Å². The van der Waals surface area contributed by atoms with Gasteiger partial charge in [-0.25, -0.2) is 0 Å². The summed E-state index contributed by atoms with van der Waals surface area (Å²) in [4.78, 5) is 2.40. The van der Waals surface area contributed by atoms with Crippen LogP contribution in [-0.4, -0.2) is 0 Å². The van der Waals surface area contributed by atoms with E-state index in [2.05, 4.69) is 157 Å². The van der Waals surface area contributed by atoms with Gasteiger partial charge in [-0.1, -0.05) is 109 Å². The van der Waals surface area contributed by atoms with Gasteiger partial charge in [-0.2, -0.15) is 0 Å². The lowest BCUT2D eigenvalue weighted by Gasteiger charge is -2.27. The molecule has 220 valence electrons. The molecule has 0 aliphatic rings. The molecule has 47 heavy (non-hydrogen) atoms. The fourth-order valence-corrected chi connectivity index (χ4v) is 8.44. The van der Waals surface area contributed by atoms with Gasteiger partial charge in [0.25, 0.3) is 0 Å². The first kappa shape index (κ1) is 26.3. The first-order valence-corrected chi connectivity index (χ1v) is 16.7. The normalized spacial score (nSPS) is 11.8. The highest BCUT2D eigenvalue weighted by Gasteiger charge is 2.19. The smallest absolute Gasteiger partial charge is 0.136 e. The van der Waals surface area contributed by atoms with Crippen molar-refractivity contribution < 1.29 is 4.42 Å². The summed E-state index contributed by atoms with van der Waals surface area (Å²) < 4.78 is 8.85. The Hall–Kier alpha value is -5.90. The van der Waals surface area contributed by atoms with Crippen LogP contribution in [0, 0.1) is 0 Å². The average molecular weight is 618 g/mol. The van der Waals surface area contributed by atoms with Gasteiger partial charge < -0.3 is 9.32 Å². The maximum Gasteiger partial charge on any atom is 0.136 e. The van der Waals surface area contributed by atoms with E-state index in [0.717, 1.165) is 33.6 Å². The average Bonchev–Trinajstić information content (AvgIpc) is 3.70. The van der Waals surface area contributed by atoms with Crippen LogP contribution < -0.4 is 4.90 Å². The van der Waals surface area contributed by atoms with E-state index in [-0.39, 0.29) is 0 Å². The Balaban J connectivity index is 1.18. The molecular weight excluding hydrogens is 591 g/mol. The molecule has 0 atom stereocenters. The van der Waals surface area contributed by atoms with Crippen LogP contribution in [-0.2, 0) is 0 Å². The molecule has 10 aromatic rings. The van der Waals surface area contributed by atoms with Crippen molar-refractivity contribution in [3.63, 3.8) is 0 Å². The summed E-state index contributed by atoms with van der Waals surface area (Å²) >= 11 is 1.86. The lowest BCUT2D eigenvalue weighted by Crippen LogP contribution is -2.10. The van der Waals surface area contributed by atoms with Gasteiger partial charge in [0.15, 0.2) is 0 Å². The molecule has 10 rings (SSSR count). The second-order valence-electron chi connectivity index (χ2n) is 12.1. The van der Waals surface area contributed by atoms with Gasteiger partial charge in [0.2, 0.25) is 0 Å². The van der Waals surface area contributed by atoms with Crippen LogP contribution in [0.5, 0.6) is 0 Å². The van der Waals surface area contributed by atoms with Crippen LogP contribution in [0.1, 0.15) is 0 Å². The summed E-state index contributed by atoms with van der Waals surface area (Å²) in [5, 5.41) is 9.79. The van der Waals surface area contributed by atoms with E-state index >= 15 is 0 Å². The predicted octanol–water partition coefficient (Wildman–Crippen LogP) is 13.4. The van der Waals surface area contributed by atoms with E-state index in [9.17, 15) is 0 Å². The highest BCUT2D eigenvalue weighted by atomic mass is 32.1. The standard InChI is InChI=1S/C44H27NOS/c1-2-10-30(11-3-1)45(31-21-22-36-35-14-7-9-17-42(35)47-43(36)27-31)39-24-23-32(33-12-4-5-13-34(33)39)29-19-18-28-20-25-41-44(38(28)26-29)37-15-6-8-16-40(37)46-41/h1-27H. The summed E-state index contributed by atoms with van der Waals surface area (Å²) in [6, 6.07) is 59.1. The zero-order chi connectivity index (χ0) is 30.9. The van der Waals surface area contributed by atoms with Crippen LogP contribution in [0.3, 0.4) is 0 Å². The summed E-state index contributed by atoms with van der Waals surface area (Å²) in [6.45, 7) is 0. The highest BCUT2D eigenvalue weighted by molar-refractivity contribution is 7.25. The number of nitrogens with zero attached hydrogens (tertiary/aromatic N) is 1. The Morgan fingerprint density at radius 3 is 2.04 bits per heavy atom. The molecule has 0 aliphatic carbocycles. The van der Waals surface area contributed by atoms with E-state index in [1.165, 1.54) is 58.2 Å². The zero-order valence-electron chi connectivity index (χ0n) is 25.4. The molecule has 2 aromatic heterocycles. The second-order valence-corrected chi connectivity index (χ2v) is 13.2. The lowest BCUT2D eigenvalue weighted by molar-refractivity contribution is 0.669. The lowest BCUT2D eigenvalue weighted by atomic mass is 9.93. The van der Waals surface area contributed by atoms with Crippen LogP contribution in [0.2, 0.25) is 0 Å². The molecule has 0 radical (unpaired) electrons. The van der Waals surface area contributed by atoms with Crippen LogP contribution in [0.15, 0.2) is 168 Å². The zero-order valence-corrected chi connectivity index (χ0v) is 26.2. The Morgan fingerprint density at radius 2 is 1.15 bits per heavy atom. The third-order valence-electron chi connectivity index (χ3n) is 9.45. The van der Waals surface area contributed by atoms with E-state index in [1.54, 1.807) is 0 Å². The van der Waals surface area contributed by atoms with Gasteiger partial charge in [0, 0.05) is 47.7 Å². The van der Waals surface area contributed by atoms with Gasteiger partial charge in [0.05, 0.1) is 5.69 Å². The number of anilines is 3. The number of hydrogen-bond acceptors (Lipinski definition) is 3. The molecule has 3 heteroatoms. The Labute approximate surface area is 275 Å². The third-order valence-corrected chi connectivity index (χ3v) is 10.6. The predicted molar refractivity (Wildman–Crippen MR) is 202 cm³/mol. The number of furan rings is 1. The fourth-order valence-electron chi connectivity index (χ4n) is 7.30. The first-order valence-electron chi connectivity index (χ1n) is 15.9. The van der Waals surface area contributed by atoms with Gasteiger partial charge in [-0.3, -0.25) is 0 Å². The summed E-state index contributed by atoms with van der Waals surface area (Å²) in [5.41, 5.74) is 7.68. The number of thiophene rings is 1. The fraction of sp³-hybridized carbons (Fsp3) is 0. The Morgan fingerprint density at radius 1 is 0.426 bits per heavy atom. The monoisotopic (exact) mass is 617 g/mol. The molecule has 2 nitrogen and oxygen atoms in total. The van der Waals surface area contributed by atoms with Crippen LogP contribution >= 0.6 is 11.3 Å². The number of benzene rings is 8. The molecule has 0 saturated heterocycles. The largest absolute Gasteiger partial charge is 0.456 e. The second kappa shape index (κ2) is 10.3. The summed E-state index contributed by atoms with van der Waals surface area (Å²) in [5.74, 6) is 0. The molecule has 0 amide bonds. The highest BCUT2D eigenvalue weighted by Crippen LogP contribution is 2.45. The van der Waals surface area contributed by atoms with Crippen molar-refractivity contribution in [1.82, 2.24) is 0 Å². The van der Waals surface area contributed by atoms with E-state index < -0.39 is 0 Å². The Kier molecular flexibility index (Phi) is 5.78. The van der Waals surface area contributed by atoms with E-state index in [4.69, 9.17) is 4.42 Å². The third kappa shape index (κ3) is 4.10. The molecule has 8 aromatic carbocycles. The Bertz CT molecular complexity index is 2810. The van der Waals surface area contributed by atoms with Crippen LogP contribution in [0.25, 0.3) is 74.8 Å². The van der Waals surface area contributed by atoms with Crippen molar-refractivity contribution in [1.29, 1.82) is 0 Å². The summed E-state index contributed by atoms with van der Waals surface area (Å²) in [6.07, 6.45) is 0. The molecule has 0 fully saturated rings. The minimum absolute atomic E-state index is 0.921. The van der Waals surface area contributed by atoms with Crippen molar-refractivity contribution in [2.75, 3.05) is 4.90 Å². The quantitative estimate of drug-likeness (QED) is 0.195. The molecule has 0 spiro atoms.